The zero-order valence-corrected chi connectivity index (χ0v) is 13.3. The second-order valence-electron chi connectivity index (χ2n) is 5.75. The third kappa shape index (κ3) is 3.98. The van der Waals surface area contributed by atoms with Gasteiger partial charge in [0.1, 0.15) is 4.90 Å². The van der Waals surface area contributed by atoms with Gasteiger partial charge in [-0.15, -0.1) is 0 Å². The zero-order chi connectivity index (χ0) is 15.5. The van der Waals surface area contributed by atoms with E-state index < -0.39 is 10.0 Å². The molecule has 2 aromatic rings. The highest BCUT2D eigenvalue weighted by Crippen LogP contribution is 2.24. The Morgan fingerprint density at radius 3 is 2.76 bits per heavy atom. The van der Waals surface area contributed by atoms with E-state index in [9.17, 15) is 8.42 Å². The number of H-pyrrole nitrogens is 1. The Bertz CT molecular complexity index is 705. The van der Waals surface area contributed by atoms with Crippen molar-refractivity contribution in [3.05, 3.63) is 24.4 Å². The lowest BCUT2D eigenvalue weighted by Crippen LogP contribution is -2.24. The lowest BCUT2D eigenvalue weighted by atomic mass is 10.1. The molecule has 0 spiro atoms. The minimum Gasteiger partial charge on any atom is -0.399 e. The number of nitrogens with two attached hydrogens (primary N) is 1. The molecule has 0 bridgehead atoms. The molecule has 2 rings (SSSR count). The quantitative estimate of drug-likeness (QED) is 0.543. The SMILES string of the molecule is CC(C)CCCCNS(=O)(=O)c1c[nH]c2cc(N)ccc12. The van der Waals surface area contributed by atoms with Crippen LogP contribution in [0, 0.1) is 5.92 Å². The van der Waals surface area contributed by atoms with Crippen LogP contribution in [0.25, 0.3) is 10.9 Å². The number of anilines is 1. The molecule has 0 atom stereocenters. The first-order valence-corrected chi connectivity index (χ1v) is 8.75. The van der Waals surface area contributed by atoms with Gasteiger partial charge in [0.15, 0.2) is 0 Å². The number of aromatic amines is 1. The summed E-state index contributed by atoms with van der Waals surface area (Å²) in [6, 6.07) is 5.17. The van der Waals surface area contributed by atoms with Crippen molar-refractivity contribution >= 4 is 26.6 Å². The molecule has 6 heteroatoms. The molecule has 0 saturated heterocycles. The van der Waals surface area contributed by atoms with Crippen LogP contribution in [0.15, 0.2) is 29.3 Å². The molecule has 0 aliphatic heterocycles. The van der Waals surface area contributed by atoms with E-state index in [2.05, 4.69) is 23.6 Å². The van der Waals surface area contributed by atoms with Gasteiger partial charge in [-0.25, -0.2) is 13.1 Å². The fourth-order valence-corrected chi connectivity index (χ4v) is 3.55. The minimum atomic E-state index is -3.48. The maximum Gasteiger partial charge on any atom is 0.242 e. The van der Waals surface area contributed by atoms with Crippen LogP contribution < -0.4 is 10.5 Å². The molecule has 0 aliphatic rings. The van der Waals surface area contributed by atoms with Crippen LogP contribution in [-0.4, -0.2) is 19.9 Å². The fourth-order valence-electron chi connectivity index (χ4n) is 2.30. The maximum absolute atomic E-state index is 12.3. The Morgan fingerprint density at radius 1 is 1.29 bits per heavy atom. The molecule has 0 aliphatic carbocycles. The Balaban J connectivity index is 2.04. The summed E-state index contributed by atoms with van der Waals surface area (Å²) in [5, 5.41) is 0.666. The molecule has 1 heterocycles. The highest BCUT2D eigenvalue weighted by molar-refractivity contribution is 7.89. The molecule has 1 aromatic heterocycles. The van der Waals surface area contributed by atoms with E-state index in [1.165, 1.54) is 6.20 Å². The predicted octanol–water partition coefficient (Wildman–Crippen LogP) is 2.85. The van der Waals surface area contributed by atoms with Gasteiger partial charge in [-0.1, -0.05) is 26.7 Å². The van der Waals surface area contributed by atoms with E-state index in [4.69, 9.17) is 5.73 Å². The Kier molecular flexibility index (Phi) is 4.90. The van der Waals surface area contributed by atoms with Crippen molar-refractivity contribution in [2.24, 2.45) is 5.92 Å². The van der Waals surface area contributed by atoms with Gasteiger partial charge >= 0.3 is 0 Å². The average Bonchev–Trinajstić information content (AvgIpc) is 2.81. The highest BCUT2D eigenvalue weighted by atomic mass is 32.2. The molecule has 1 aromatic carbocycles. The number of hydrogen-bond donors (Lipinski definition) is 3. The molecule has 0 saturated carbocycles. The summed E-state index contributed by atoms with van der Waals surface area (Å²) in [6.45, 7) is 4.81. The van der Waals surface area contributed by atoms with Crippen LogP contribution in [0.3, 0.4) is 0 Å². The van der Waals surface area contributed by atoms with Gasteiger partial charge in [-0.2, -0.15) is 0 Å². The maximum atomic E-state index is 12.3. The Morgan fingerprint density at radius 2 is 2.05 bits per heavy atom. The smallest absolute Gasteiger partial charge is 0.242 e. The van der Waals surface area contributed by atoms with Crippen LogP contribution >= 0.6 is 0 Å². The van der Waals surface area contributed by atoms with Crippen LogP contribution in [0.5, 0.6) is 0 Å². The molecule has 5 nitrogen and oxygen atoms in total. The van der Waals surface area contributed by atoms with E-state index in [1.54, 1.807) is 18.2 Å². The standard InChI is InChI=1S/C15H23N3O2S/c1-11(2)5-3-4-8-18-21(19,20)15-10-17-14-9-12(16)6-7-13(14)15/h6-7,9-11,17-18H,3-5,8,16H2,1-2H3. The molecular weight excluding hydrogens is 286 g/mol. The molecule has 116 valence electrons. The number of nitrogen functional groups attached to an aromatic ring is 1. The van der Waals surface area contributed by atoms with Crippen LogP contribution in [0.4, 0.5) is 5.69 Å². The van der Waals surface area contributed by atoms with Crippen molar-refractivity contribution in [2.45, 2.75) is 38.0 Å². The van der Waals surface area contributed by atoms with Crippen molar-refractivity contribution in [2.75, 3.05) is 12.3 Å². The van der Waals surface area contributed by atoms with Crippen LogP contribution in [0.2, 0.25) is 0 Å². The second-order valence-corrected chi connectivity index (χ2v) is 7.48. The van der Waals surface area contributed by atoms with Gasteiger partial charge < -0.3 is 10.7 Å². The first-order chi connectivity index (χ1) is 9.90. The number of benzene rings is 1. The third-order valence-electron chi connectivity index (χ3n) is 3.46. The van der Waals surface area contributed by atoms with Crippen LogP contribution in [0.1, 0.15) is 33.1 Å². The minimum absolute atomic E-state index is 0.279. The molecule has 0 unspecified atom stereocenters. The fraction of sp³-hybridized carbons (Fsp3) is 0.467. The predicted molar refractivity (Wildman–Crippen MR) is 86.6 cm³/mol. The number of rotatable bonds is 7. The number of aromatic nitrogens is 1. The third-order valence-corrected chi connectivity index (χ3v) is 4.96. The van der Waals surface area contributed by atoms with Gasteiger partial charge in [0.2, 0.25) is 10.0 Å². The Labute approximate surface area is 126 Å². The average molecular weight is 309 g/mol. The largest absolute Gasteiger partial charge is 0.399 e. The van der Waals surface area contributed by atoms with Crippen LogP contribution in [-0.2, 0) is 10.0 Å². The summed E-state index contributed by atoms with van der Waals surface area (Å²) >= 11 is 0. The van der Waals surface area contributed by atoms with Gasteiger partial charge in [0, 0.05) is 29.3 Å². The van der Waals surface area contributed by atoms with E-state index in [1.807, 2.05) is 0 Å². The second kappa shape index (κ2) is 6.49. The molecular formula is C15H23N3O2S. The molecule has 0 amide bonds. The molecule has 0 fully saturated rings. The van der Waals surface area contributed by atoms with Crippen molar-refractivity contribution < 1.29 is 8.42 Å². The number of unbranched alkanes of at least 4 members (excludes halogenated alkanes) is 1. The van der Waals surface area contributed by atoms with E-state index >= 15 is 0 Å². The van der Waals surface area contributed by atoms with Gasteiger partial charge in [-0.05, 0) is 30.5 Å². The summed E-state index contributed by atoms with van der Waals surface area (Å²) < 4.78 is 27.3. The summed E-state index contributed by atoms with van der Waals surface area (Å²) in [4.78, 5) is 3.23. The summed E-state index contributed by atoms with van der Waals surface area (Å²) in [6.07, 6.45) is 4.52. The van der Waals surface area contributed by atoms with Crippen molar-refractivity contribution in [3.63, 3.8) is 0 Å². The normalized spacial score (nSPS) is 12.3. The molecule has 0 radical (unpaired) electrons. The number of fused-ring (bicyclic) bond motifs is 1. The summed E-state index contributed by atoms with van der Waals surface area (Å²) in [5.74, 6) is 0.653. The summed E-state index contributed by atoms with van der Waals surface area (Å²) in [5.41, 5.74) is 7.03. The van der Waals surface area contributed by atoms with E-state index in [-0.39, 0.29) is 4.90 Å². The van der Waals surface area contributed by atoms with E-state index in [0.717, 1.165) is 24.8 Å². The van der Waals surface area contributed by atoms with Crippen molar-refractivity contribution in [1.82, 2.24) is 9.71 Å². The lowest BCUT2D eigenvalue weighted by Gasteiger charge is -2.07. The van der Waals surface area contributed by atoms with Gasteiger partial charge in [-0.3, -0.25) is 0 Å². The number of hydrogen-bond acceptors (Lipinski definition) is 3. The van der Waals surface area contributed by atoms with Gasteiger partial charge in [0.05, 0.1) is 0 Å². The monoisotopic (exact) mass is 309 g/mol. The first-order valence-electron chi connectivity index (χ1n) is 7.26. The highest BCUT2D eigenvalue weighted by Gasteiger charge is 2.18. The van der Waals surface area contributed by atoms with Crippen molar-refractivity contribution in [1.29, 1.82) is 0 Å². The zero-order valence-electron chi connectivity index (χ0n) is 12.5. The topological polar surface area (TPSA) is 88.0 Å². The Hall–Kier alpha value is -1.53. The summed E-state index contributed by atoms with van der Waals surface area (Å²) in [7, 11) is -3.48. The van der Waals surface area contributed by atoms with Gasteiger partial charge in [0.25, 0.3) is 0 Å². The number of nitrogens with one attached hydrogen (secondary N) is 2. The first kappa shape index (κ1) is 15.9. The lowest BCUT2D eigenvalue weighted by molar-refractivity contribution is 0.531. The molecule has 21 heavy (non-hydrogen) atoms. The van der Waals surface area contributed by atoms with Crippen molar-refractivity contribution in [3.8, 4) is 0 Å². The van der Waals surface area contributed by atoms with E-state index in [0.29, 0.717) is 23.5 Å². The molecule has 4 N–H and O–H groups in total. The number of sulfonamides is 1.